The summed E-state index contributed by atoms with van der Waals surface area (Å²) in [4.78, 5) is 0. The summed E-state index contributed by atoms with van der Waals surface area (Å²) >= 11 is 0. The number of alkyl halides is 3. The van der Waals surface area contributed by atoms with Crippen LogP contribution in [0.1, 0.15) is 43.6 Å². The summed E-state index contributed by atoms with van der Waals surface area (Å²) in [5.41, 5.74) is 0.792. The molecular formula is C12H18F3NO. The maximum absolute atomic E-state index is 12.2. The van der Waals surface area contributed by atoms with Crippen LogP contribution in [-0.4, -0.2) is 12.7 Å². The van der Waals surface area contributed by atoms with Gasteiger partial charge in [-0.05, 0) is 32.4 Å². The van der Waals surface area contributed by atoms with Crippen LogP contribution in [0.2, 0.25) is 0 Å². The topological polar surface area (TPSA) is 25.2 Å². The number of nitrogens with one attached hydrogen (secondary N) is 1. The molecule has 1 aromatic heterocycles. The standard InChI is InChI=1S/C12H18F3NO/c1-3-6-16-11(4-5-12(13,14)15)10-7-9(2)17-8-10/h7-8,11,16H,3-6H2,1-2H3. The van der Waals surface area contributed by atoms with Gasteiger partial charge in [0, 0.05) is 18.0 Å². The van der Waals surface area contributed by atoms with Crippen molar-refractivity contribution in [1.82, 2.24) is 5.32 Å². The lowest BCUT2D eigenvalue weighted by atomic mass is 10.0. The molecule has 1 aromatic rings. The molecule has 0 aromatic carbocycles. The minimum absolute atomic E-state index is 0.0441. The molecule has 1 rings (SSSR count). The van der Waals surface area contributed by atoms with E-state index in [-0.39, 0.29) is 12.5 Å². The monoisotopic (exact) mass is 249 g/mol. The molecule has 17 heavy (non-hydrogen) atoms. The minimum atomic E-state index is -4.11. The summed E-state index contributed by atoms with van der Waals surface area (Å²) in [5, 5.41) is 3.11. The molecule has 0 saturated carbocycles. The van der Waals surface area contributed by atoms with Gasteiger partial charge in [0.15, 0.2) is 0 Å². The predicted molar refractivity (Wildman–Crippen MR) is 59.8 cm³/mol. The minimum Gasteiger partial charge on any atom is -0.469 e. The van der Waals surface area contributed by atoms with Gasteiger partial charge in [-0.1, -0.05) is 6.92 Å². The average Bonchev–Trinajstić information content (AvgIpc) is 2.63. The molecule has 1 heterocycles. The number of rotatable bonds is 6. The van der Waals surface area contributed by atoms with Gasteiger partial charge in [-0.2, -0.15) is 13.2 Å². The first kappa shape index (κ1) is 14.1. The fourth-order valence-electron chi connectivity index (χ4n) is 1.66. The second-order valence-corrected chi connectivity index (χ2v) is 4.15. The van der Waals surface area contributed by atoms with Crippen molar-refractivity contribution in [2.75, 3.05) is 6.54 Å². The summed E-state index contributed by atoms with van der Waals surface area (Å²) < 4.78 is 41.8. The lowest BCUT2D eigenvalue weighted by Crippen LogP contribution is -2.23. The van der Waals surface area contributed by atoms with E-state index in [1.165, 1.54) is 6.26 Å². The number of hydrogen-bond acceptors (Lipinski definition) is 2. The first-order valence-electron chi connectivity index (χ1n) is 5.77. The Morgan fingerprint density at radius 2 is 2.12 bits per heavy atom. The highest BCUT2D eigenvalue weighted by Gasteiger charge is 2.28. The number of aryl methyl sites for hydroxylation is 1. The zero-order valence-electron chi connectivity index (χ0n) is 10.1. The molecule has 0 saturated heterocycles. The van der Waals surface area contributed by atoms with Crippen molar-refractivity contribution in [2.24, 2.45) is 0 Å². The Morgan fingerprint density at radius 1 is 1.41 bits per heavy atom. The van der Waals surface area contributed by atoms with Gasteiger partial charge < -0.3 is 9.73 Å². The van der Waals surface area contributed by atoms with Crippen molar-refractivity contribution in [3.63, 3.8) is 0 Å². The van der Waals surface area contributed by atoms with Crippen molar-refractivity contribution in [2.45, 2.75) is 45.3 Å². The Kier molecular flexibility index (Phi) is 5.05. The van der Waals surface area contributed by atoms with Crippen LogP contribution >= 0.6 is 0 Å². The van der Waals surface area contributed by atoms with Gasteiger partial charge in [0.1, 0.15) is 5.76 Å². The van der Waals surface area contributed by atoms with E-state index in [0.717, 1.165) is 17.7 Å². The average molecular weight is 249 g/mol. The molecule has 98 valence electrons. The first-order chi connectivity index (χ1) is 7.92. The molecule has 0 spiro atoms. The van der Waals surface area contributed by atoms with Crippen molar-refractivity contribution >= 4 is 0 Å². The van der Waals surface area contributed by atoms with Crippen molar-refractivity contribution in [3.05, 3.63) is 23.7 Å². The lowest BCUT2D eigenvalue weighted by molar-refractivity contribution is -0.136. The van der Waals surface area contributed by atoms with E-state index in [1.54, 1.807) is 13.0 Å². The van der Waals surface area contributed by atoms with E-state index >= 15 is 0 Å². The molecule has 0 fully saturated rings. The summed E-state index contributed by atoms with van der Waals surface area (Å²) in [6, 6.07) is 1.50. The first-order valence-corrected chi connectivity index (χ1v) is 5.77. The molecule has 1 N–H and O–H groups in total. The van der Waals surface area contributed by atoms with E-state index in [9.17, 15) is 13.2 Å². The Hall–Kier alpha value is -0.970. The van der Waals surface area contributed by atoms with Gasteiger partial charge >= 0.3 is 6.18 Å². The predicted octanol–water partition coefficient (Wildman–Crippen LogP) is 3.97. The quantitative estimate of drug-likeness (QED) is 0.825. The Bertz CT molecular complexity index is 333. The number of hydrogen-bond donors (Lipinski definition) is 1. The van der Waals surface area contributed by atoms with Crippen LogP contribution in [0.25, 0.3) is 0 Å². The van der Waals surface area contributed by atoms with E-state index in [0.29, 0.717) is 6.54 Å². The van der Waals surface area contributed by atoms with Crippen molar-refractivity contribution in [3.8, 4) is 0 Å². The van der Waals surface area contributed by atoms with Crippen LogP contribution in [0.5, 0.6) is 0 Å². The van der Waals surface area contributed by atoms with E-state index in [4.69, 9.17) is 4.42 Å². The smallest absolute Gasteiger partial charge is 0.389 e. The van der Waals surface area contributed by atoms with Crippen LogP contribution in [0.4, 0.5) is 13.2 Å². The molecule has 1 unspecified atom stereocenters. The van der Waals surface area contributed by atoms with Crippen LogP contribution in [0.15, 0.2) is 16.7 Å². The van der Waals surface area contributed by atoms with E-state index in [1.807, 2.05) is 6.92 Å². The molecule has 0 radical (unpaired) electrons. The zero-order valence-corrected chi connectivity index (χ0v) is 10.1. The molecule has 0 aliphatic carbocycles. The van der Waals surface area contributed by atoms with Crippen LogP contribution in [0, 0.1) is 6.92 Å². The summed E-state index contributed by atoms with van der Waals surface area (Å²) in [6.45, 7) is 4.46. The molecule has 1 atom stereocenters. The van der Waals surface area contributed by atoms with Crippen molar-refractivity contribution in [1.29, 1.82) is 0 Å². The maximum Gasteiger partial charge on any atom is 0.389 e. The third kappa shape index (κ3) is 5.26. The molecule has 5 heteroatoms. The normalized spacial score (nSPS) is 13.9. The third-order valence-electron chi connectivity index (χ3n) is 2.51. The molecule has 0 aliphatic rings. The fraction of sp³-hybridized carbons (Fsp3) is 0.667. The Labute approximate surface area is 99.2 Å². The van der Waals surface area contributed by atoms with Gasteiger partial charge in [0.05, 0.1) is 6.26 Å². The molecule has 0 amide bonds. The molecular weight excluding hydrogens is 231 g/mol. The van der Waals surface area contributed by atoms with E-state index in [2.05, 4.69) is 5.32 Å². The largest absolute Gasteiger partial charge is 0.469 e. The molecule has 0 bridgehead atoms. The van der Waals surface area contributed by atoms with E-state index < -0.39 is 12.6 Å². The SMILES string of the molecule is CCCNC(CCC(F)(F)F)c1coc(C)c1. The summed E-state index contributed by atoms with van der Waals surface area (Å²) in [6.07, 6.45) is -2.43. The maximum atomic E-state index is 12.2. The van der Waals surface area contributed by atoms with Gasteiger partial charge in [-0.15, -0.1) is 0 Å². The highest BCUT2D eigenvalue weighted by Crippen LogP contribution is 2.28. The number of furan rings is 1. The third-order valence-corrected chi connectivity index (χ3v) is 2.51. The summed E-state index contributed by atoms with van der Waals surface area (Å²) in [5.74, 6) is 0.718. The highest BCUT2D eigenvalue weighted by atomic mass is 19.4. The summed E-state index contributed by atoms with van der Waals surface area (Å²) in [7, 11) is 0. The molecule has 0 aliphatic heterocycles. The van der Waals surface area contributed by atoms with Crippen LogP contribution in [-0.2, 0) is 0 Å². The van der Waals surface area contributed by atoms with Gasteiger partial charge in [0.25, 0.3) is 0 Å². The Balaban J connectivity index is 2.60. The second kappa shape index (κ2) is 6.10. The fourth-order valence-corrected chi connectivity index (χ4v) is 1.66. The van der Waals surface area contributed by atoms with Crippen LogP contribution < -0.4 is 5.32 Å². The van der Waals surface area contributed by atoms with Crippen molar-refractivity contribution < 1.29 is 17.6 Å². The lowest BCUT2D eigenvalue weighted by Gasteiger charge is -2.17. The molecule has 2 nitrogen and oxygen atoms in total. The second-order valence-electron chi connectivity index (χ2n) is 4.15. The van der Waals surface area contributed by atoms with Crippen LogP contribution in [0.3, 0.4) is 0 Å². The zero-order chi connectivity index (χ0) is 12.9. The highest BCUT2D eigenvalue weighted by molar-refractivity contribution is 5.16. The Morgan fingerprint density at radius 3 is 2.59 bits per heavy atom. The number of halogens is 3. The van der Waals surface area contributed by atoms with Gasteiger partial charge in [0.2, 0.25) is 0 Å². The van der Waals surface area contributed by atoms with Gasteiger partial charge in [-0.25, -0.2) is 0 Å². The van der Waals surface area contributed by atoms with Gasteiger partial charge in [-0.3, -0.25) is 0 Å².